The third-order valence-corrected chi connectivity index (χ3v) is 1.35. The Morgan fingerprint density at radius 2 is 1.62 bits per heavy atom. The molecule has 0 aromatic heterocycles. The molecule has 7 heteroatoms. The highest BCUT2D eigenvalue weighted by atomic mass is 35.5. The van der Waals surface area contributed by atoms with Crippen molar-refractivity contribution in [1.29, 1.82) is 0 Å². The zero-order valence-corrected chi connectivity index (χ0v) is 7.17. The topological polar surface area (TPSA) is 34.1 Å². The highest BCUT2D eigenvalue weighted by Gasteiger charge is 2.60. The van der Waals surface area contributed by atoms with Crippen molar-refractivity contribution < 1.29 is 27.2 Å². The molecule has 0 aromatic rings. The first-order chi connectivity index (χ1) is 5.59. The molecule has 0 amide bonds. The molecule has 0 bridgehead atoms. The number of alkyl halides is 5. The van der Waals surface area contributed by atoms with E-state index in [0.717, 1.165) is 6.92 Å². The Hall–Kier alpha value is -0.650. The smallest absolute Gasteiger partial charge is 0.300 e. The van der Waals surface area contributed by atoms with E-state index in [1.54, 1.807) is 0 Å². The molecule has 0 saturated heterocycles. The van der Waals surface area contributed by atoms with Crippen LogP contribution in [0.3, 0.4) is 0 Å². The number of ketones is 2. The predicted molar refractivity (Wildman–Crippen MR) is 36.1 cm³/mol. The molecule has 0 unspecified atom stereocenters. The van der Waals surface area contributed by atoms with Crippen LogP contribution in [0.4, 0.5) is 17.6 Å². The van der Waals surface area contributed by atoms with Gasteiger partial charge in [-0.1, -0.05) is 0 Å². The van der Waals surface area contributed by atoms with Gasteiger partial charge in [0.25, 0.3) is 0 Å². The summed E-state index contributed by atoms with van der Waals surface area (Å²) in [6, 6.07) is 0. The number of carbonyl (C=O) groups is 2. The summed E-state index contributed by atoms with van der Waals surface area (Å²) in [5, 5.41) is -4.96. The Morgan fingerprint density at radius 3 is 1.85 bits per heavy atom. The van der Waals surface area contributed by atoms with Crippen molar-refractivity contribution in [3.05, 3.63) is 0 Å². The lowest BCUT2D eigenvalue weighted by Crippen LogP contribution is -2.43. The summed E-state index contributed by atoms with van der Waals surface area (Å²) < 4.78 is 48.4. The quantitative estimate of drug-likeness (QED) is 0.413. The van der Waals surface area contributed by atoms with Gasteiger partial charge in [0.15, 0.2) is 0 Å². The minimum atomic E-state index is -5.00. The Labute approximate surface area is 75.9 Å². The maximum absolute atomic E-state index is 12.3. The third-order valence-electron chi connectivity index (χ3n) is 1.12. The van der Waals surface area contributed by atoms with Gasteiger partial charge in [0.2, 0.25) is 5.78 Å². The van der Waals surface area contributed by atoms with Gasteiger partial charge < -0.3 is 0 Å². The van der Waals surface area contributed by atoms with E-state index in [-0.39, 0.29) is 0 Å². The molecule has 0 aliphatic rings. The van der Waals surface area contributed by atoms with Crippen molar-refractivity contribution in [1.82, 2.24) is 0 Å². The van der Waals surface area contributed by atoms with Gasteiger partial charge in [-0.15, -0.1) is 0 Å². The number of rotatable bonds is 4. The number of hydrogen-bond donors (Lipinski definition) is 0. The van der Waals surface area contributed by atoms with Crippen LogP contribution in [0.15, 0.2) is 0 Å². The monoisotopic (exact) mass is 220 g/mol. The predicted octanol–water partition coefficient (Wildman–Crippen LogP) is 2.00. The van der Waals surface area contributed by atoms with Gasteiger partial charge in [-0.25, -0.2) is 0 Å². The normalized spacial score (nSPS) is 12.8. The van der Waals surface area contributed by atoms with Crippen molar-refractivity contribution in [2.24, 2.45) is 0 Å². The van der Waals surface area contributed by atoms with Crippen LogP contribution in [0.5, 0.6) is 0 Å². The SMILES string of the molecule is CC(=O)CC(=O)C(F)(F)C(F)(F)Cl. The zero-order chi connectivity index (χ0) is 10.9. The maximum atomic E-state index is 12.3. The fourth-order valence-corrected chi connectivity index (χ4v) is 0.601. The third kappa shape index (κ3) is 2.95. The molecule has 0 heterocycles. The highest BCUT2D eigenvalue weighted by Crippen LogP contribution is 2.38. The van der Waals surface area contributed by atoms with Gasteiger partial charge in [0.05, 0.1) is 6.42 Å². The van der Waals surface area contributed by atoms with Gasteiger partial charge in [-0.05, 0) is 18.5 Å². The molecule has 0 N–H and O–H groups in total. The van der Waals surface area contributed by atoms with Gasteiger partial charge >= 0.3 is 11.3 Å². The van der Waals surface area contributed by atoms with Crippen molar-refractivity contribution >= 4 is 23.2 Å². The molecule has 0 aliphatic carbocycles. The Balaban J connectivity index is 4.65. The summed E-state index contributed by atoms with van der Waals surface area (Å²) in [7, 11) is 0. The Morgan fingerprint density at radius 1 is 1.23 bits per heavy atom. The van der Waals surface area contributed by atoms with Crippen LogP contribution in [0.25, 0.3) is 0 Å². The lowest BCUT2D eigenvalue weighted by Gasteiger charge is -2.18. The largest absolute Gasteiger partial charge is 0.391 e. The number of halogens is 5. The fraction of sp³-hybridized carbons (Fsp3) is 0.667. The van der Waals surface area contributed by atoms with Crippen molar-refractivity contribution in [3.63, 3.8) is 0 Å². The van der Waals surface area contributed by atoms with Crippen LogP contribution in [0.2, 0.25) is 0 Å². The first kappa shape index (κ1) is 12.3. The maximum Gasteiger partial charge on any atom is 0.391 e. The lowest BCUT2D eigenvalue weighted by atomic mass is 10.1. The van der Waals surface area contributed by atoms with Crippen LogP contribution >= 0.6 is 11.6 Å². The second kappa shape index (κ2) is 3.61. The summed E-state index contributed by atoms with van der Waals surface area (Å²) >= 11 is 3.99. The zero-order valence-electron chi connectivity index (χ0n) is 6.41. The Bertz CT molecular complexity index is 233. The molecule has 0 spiro atoms. The average molecular weight is 221 g/mol. The lowest BCUT2D eigenvalue weighted by molar-refractivity contribution is -0.178. The summed E-state index contributed by atoms with van der Waals surface area (Å²) in [5.41, 5.74) is 0. The summed E-state index contributed by atoms with van der Waals surface area (Å²) in [4.78, 5) is 20.6. The van der Waals surface area contributed by atoms with Crippen molar-refractivity contribution in [2.75, 3.05) is 0 Å². The molecule has 0 fully saturated rings. The average Bonchev–Trinajstić information content (AvgIpc) is 1.82. The van der Waals surface area contributed by atoms with E-state index in [2.05, 4.69) is 11.6 Å². The highest BCUT2D eigenvalue weighted by molar-refractivity contribution is 6.24. The molecule has 76 valence electrons. The number of hydrogen-bond acceptors (Lipinski definition) is 2. The Kier molecular flexibility index (Phi) is 3.43. The van der Waals surface area contributed by atoms with E-state index in [0.29, 0.717) is 0 Å². The van der Waals surface area contributed by atoms with Gasteiger partial charge in [0.1, 0.15) is 5.78 Å². The minimum absolute atomic E-state index is 0.834. The molecule has 0 radical (unpaired) electrons. The summed E-state index contributed by atoms with van der Waals surface area (Å²) in [6.45, 7) is 0.834. The molecular formula is C6H5ClF4O2. The van der Waals surface area contributed by atoms with Crippen LogP contribution in [0.1, 0.15) is 13.3 Å². The number of Topliss-reactive ketones (excluding diaryl/α,β-unsaturated/α-hetero) is 2. The number of carbonyl (C=O) groups excluding carboxylic acids is 2. The molecule has 0 aromatic carbocycles. The summed E-state index contributed by atoms with van der Waals surface area (Å²) in [6.07, 6.45) is -1.25. The van der Waals surface area contributed by atoms with Gasteiger partial charge in [-0.3, -0.25) is 9.59 Å². The molecular weight excluding hydrogens is 216 g/mol. The second-order valence-corrected chi connectivity index (χ2v) is 2.85. The minimum Gasteiger partial charge on any atom is -0.300 e. The molecule has 0 saturated carbocycles. The van der Waals surface area contributed by atoms with E-state index in [4.69, 9.17) is 0 Å². The van der Waals surface area contributed by atoms with Crippen molar-refractivity contribution in [3.8, 4) is 0 Å². The first-order valence-corrected chi connectivity index (χ1v) is 3.44. The van der Waals surface area contributed by atoms with Crippen LogP contribution < -0.4 is 0 Å². The summed E-state index contributed by atoms with van der Waals surface area (Å²) in [5.74, 6) is -8.11. The standard InChI is InChI=1S/C6H5ClF4O2/c1-3(12)2-4(13)5(8,9)6(7,10)11/h2H2,1H3. The van der Waals surface area contributed by atoms with E-state index in [1.807, 2.05) is 0 Å². The van der Waals surface area contributed by atoms with E-state index in [1.165, 1.54) is 0 Å². The van der Waals surface area contributed by atoms with E-state index in [9.17, 15) is 27.2 Å². The van der Waals surface area contributed by atoms with E-state index >= 15 is 0 Å². The van der Waals surface area contributed by atoms with Gasteiger partial charge in [0, 0.05) is 0 Å². The van der Waals surface area contributed by atoms with Crippen LogP contribution in [0, 0.1) is 0 Å². The molecule has 0 rings (SSSR count). The second-order valence-electron chi connectivity index (χ2n) is 2.37. The fourth-order valence-electron chi connectivity index (χ4n) is 0.495. The van der Waals surface area contributed by atoms with Crippen LogP contribution in [-0.2, 0) is 9.59 Å². The van der Waals surface area contributed by atoms with E-state index < -0.39 is 29.3 Å². The molecule has 0 atom stereocenters. The molecule has 0 aliphatic heterocycles. The first-order valence-electron chi connectivity index (χ1n) is 3.06. The van der Waals surface area contributed by atoms with Crippen molar-refractivity contribution in [2.45, 2.75) is 24.6 Å². The molecule has 13 heavy (non-hydrogen) atoms. The van der Waals surface area contributed by atoms with Gasteiger partial charge in [-0.2, -0.15) is 17.6 Å². The van der Waals surface area contributed by atoms with Crippen LogP contribution in [-0.4, -0.2) is 22.9 Å². The molecule has 2 nitrogen and oxygen atoms in total.